The molecule has 3 aromatic rings. The van der Waals surface area contributed by atoms with Crippen molar-refractivity contribution >= 4 is 40.1 Å². The van der Waals surface area contributed by atoms with E-state index in [1.807, 2.05) is 0 Å². The second-order valence-electron chi connectivity index (χ2n) is 6.28. The minimum Gasteiger partial charge on any atom is -0.495 e. The van der Waals surface area contributed by atoms with Crippen LogP contribution in [0.1, 0.15) is 17.7 Å². The molecule has 0 saturated heterocycles. The number of methoxy groups -OCH3 is 1. The Kier molecular flexibility index (Phi) is 4.16. The Morgan fingerprint density at radius 1 is 1.42 bits per heavy atom. The summed E-state index contributed by atoms with van der Waals surface area (Å²) >= 11 is 6.11. The molecule has 1 aliphatic carbocycles. The van der Waals surface area contributed by atoms with Gasteiger partial charge < -0.3 is 20.1 Å². The van der Waals surface area contributed by atoms with E-state index >= 15 is 0 Å². The molecule has 2 aromatic heterocycles. The third-order valence-corrected chi connectivity index (χ3v) is 4.97. The van der Waals surface area contributed by atoms with Crippen molar-refractivity contribution < 1.29 is 14.6 Å². The number of benzene rings is 1. The summed E-state index contributed by atoms with van der Waals surface area (Å²) in [5, 5.41) is 14.0. The normalized spacial score (nSPS) is 16.3. The summed E-state index contributed by atoms with van der Waals surface area (Å²) in [5.41, 5.74) is 3.36. The Morgan fingerprint density at radius 3 is 3.04 bits per heavy atom. The van der Waals surface area contributed by atoms with Crippen LogP contribution in [0.5, 0.6) is 5.75 Å². The van der Waals surface area contributed by atoms with Crippen molar-refractivity contribution in [3.05, 3.63) is 40.8 Å². The lowest BCUT2D eigenvalue weighted by atomic mass is 9.86. The Bertz CT molecular complexity index is 1000. The highest BCUT2D eigenvalue weighted by Gasteiger charge is 2.28. The number of H-pyrrole nitrogens is 1. The molecule has 0 fully saturated rings. The zero-order valence-electron chi connectivity index (χ0n) is 14.0. The molecule has 4 rings (SSSR count). The first-order chi connectivity index (χ1) is 12.6. The maximum Gasteiger partial charge on any atom is 0.306 e. The van der Waals surface area contributed by atoms with Crippen LogP contribution in [0.25, 0.3) is 11.0 Å². The number of halogens is 1. The summed E-state index contributed by atoms with van der Waals surface area (Å²) in [6.07, 6.45) is 3.23. The van der Waals surface area contributed by atoms with Crippen LogP contribution in [0.4, 0.5) is 11.5 Å². The molecule has 1 atom stereocenters. The molecule has 1 aromatic carbocycles. The maximum atomic E-state index is 11.4. The molecule has 0 radical (unpaired) electrons. The lowest BCUT2D eigenvalue weighted by Gasteiger charge is -2.19. The molecule has 0 amide bonds. The van der Waals surface area contributed by atoms with E-state index < -0.39 is 11.9 Å². The van der Waals surface area contributed by atoms with Gasteiger partial charge in [0, 0.05) is 10.7 Å². The summed E-state index contributed by atoms with van der Waals surface area (Å²) in [6.45, 7) is 0. The molecule has 26 heavy (non-hydrogen) atoms. The standard InChI is InChI=1S/C18H17ClN4O3/c1-26-14-5-3-10(19)7-13(14)23-17-15-11-6-9(18(24)25)2-4-12(11)22-16(15)20-8-21-17/h3,5,7-9H,2,4,6H2,1H3,(H,24,25)(H2,20,21,22,23). The summed E-state index contributed by atoms with van der Waals surface area (Å²) in [7, 11) is 1.58. The van der Waals surface area contributed by atoms with Gasteiger partial charge in [-0.15, -0.1) is 0 Å². The van der Waals surface area contributed by atoms with Gasteiger partial charge in [0.1, 0.15) is 23.5 Å². The Labute approximate surface area is 154 Å². The van der Waals surface area contributed by atoms with Gasteiger partial charge in [-0.1, -0.05) is 11.6 Å². The number of hydrogen-bond acceptors (Lipinski definition) is 5. The first kappa shape index (κ1) is 16.7. The molecule has 3 N–H and O–H groups in total. The number of fused-ring (bicyclic) bond motifs is 3. The van der Waals surface area contributed by atoms with E-state index in [4.69, 9.17) is 16.3 Å². The number of carboxylic acids is 1. The summed E-state index contributed by atoms with van der Waals surface area (Å²) in [6, 6.07) is 5.28. The van der Waals surface area contributed by atoms with Crippen LogP contribution in [-0.2, 0) is 17.6 Å². The van der Waals surface area contributed by atoms with Crippen molar-refractivity contribution in [2.75, 3.05) is 12.4 Å². The minimum atomic E-state index is -0.770. The van der Waals surface area contributed by atoms with Gasteiger partial charge in [-0.3, -0.25) is 4.79 Å². The number of aliphatic carboxylic acids is 1. The third-order valence-electron chi connectivity index (χ3n) is 4.74. The van der Waals surface area contributed by atoms with E-state index in [9.17, 15) is 9.90 Å². The number of nitrogens with zero attached hydrogens (tertiary/aromatic N) is 2. The van der Waals surface area contributed by atoms with E-state index in [0.717, 1.165) is 16.6 Å². The van der Waals surface area contributed by atoms with Gasteiger partial charge in [0.15, 0.2) is 0 Å². The van der Waals surface area contributed by atoms with Gasteiger partial charge in [0.05, 0.1) is 24.1 Å². The second-order valence-corrected chi connectivity index (χ2v) is 6.71. The van der Waals surface area contributed by atoms with Crippen LogP contribution < -0.4 is 10.1 Å². The minimum absolute atomic E-state index is 0.393. The molecule has 0 aliphatic heterocycles. The van der Waals surface area contributed by atoms with Gasteiger partial charge in [-0.05, 0) is 43.0 Å². The highest BCUT2D eigenvalue weighted by atomic mass is 35.5. The Hall–Kier alpha value is -2.80. The highest BCUT2D eigenvalue weighted by Crippen LogP contribution is 2.37. The van der Waals surface area contributed by atoms with Crippen molar-refractivity contribution in [3.8, 4) is 5.75 Å². The zero-order chi connectivity index (χ0) is 18.3. The molecule has 7 nitrogen and oxygen atoms in total. The Morgan fingerprint density at radius 2 is 2.27 bits per heavy atom. The van der Waals surface area contributed by atoms with E-state index in [-0.39, 0.29) is 0 Å². The summed E-state index contributed by atoms with van der Waals surface area (Å²) in [4.78, 5) is 23.4. The molecule has 0 bridgehead atoms. The number of aromatic nitrogens is 3. The van der Waals surface area contributed by atoms with Crippen molar-refractivity contribution in [2.24, 2.45) is 5.92 Å². The molecular weight excluding hydrogens is 356 g/mol. The molecular formula is C18H17ClN4O3. The number of aryl methyl sites for hydroxylation is 1. The largest absolute Gasteiger partial charge is 0.495 e. The van der Waals surface area contributed by atoms with Crippen LogP contribution in [0.15, 0.2) is 24.5 Å². The lowest BCUT2D eigenvalue weighted by molar-refractivity contribution is -0.142. The van der Waals surface area contributed by atoms with E-state index in [1.54, 1.807) is 25.3 Å². The van der Waals surface area contributed by atoms with E-state index in [1.165, 1.54) is 6.33 Å². The molecule has 134 valence electrons. The van der Waals surface area contributed by atoms with Crippen LogP contribution in [0, 0.1) is 5.92 Å². The van der Waals surface area contributed by atoms with Crippen molar-refractivity contribution in [1.29, 1.82) is 0 Å². The second kappa shape index (κ2) is 6.49. The monoisotopic (exact) mass is 372 g/mol. The molecule has 0 spiro atoms. The first-order valence-corrected chi connectivity index (χ1v) is 8.62. The van der Waals surface area contributed by atoms with Gasteiger partial charge in [0.25, 0.3) is 0 Å². The third kappa shape index (κ3) is 2.84. The van der Waals surface area contributed by atoms with Crippen molar-refractivity contribution in [3.63, 3.8) is 0 Å². The topological polar surface area (TPSA) is 100 Å². The first-order valence-electron chi connectivity index (χ1n) is 8.24. The number of rotatable bonds is 4. The molecule has 8 heteroatoms. The van der Waals surface area contributed by atoms with Crippen LogP contribution in [0.2, 0.25) is 5.02 Å². The predicted molar refractivity (Wildman–Crippen MR) is 98.3 cm³/mol. The number of carbonyl (C=O) groups is 1. The molecule has 2 heterocycles. The van der Waals surface area contributed by atoms with Gasteiger partial charge >= 0.3 is 5.97 Å². The quantitative estimate of drug-likeness (QED) is 0.647. The Balaban J connectivity index is 1.81. The van der Waals surface area contributed by atoms with Crippen LogP contribution >= 0.6 is 11.6 Å². The van der Waals surface area contributed by atoms with Crippen molar-refractivity contribution in [2.45, 2.75) is 19.3 Å². The van der Waals surface area contributed by atoms with Crippen molar-refractivity contribution in [1.82, 2.24) is 15.0 Å². The van der Waals surface area contributed by atoms with E-state index in [2.05, 4.69) is 20.3 Å². The van der Waals surface area contributed by atoms with Gasteiger partial charge in [0.2, 0.25) is 0 Å². The van der Waals surface area contributed by atoms with Crippen LogP contribution in [-0.4, -0.2) is 33.1 Å². The smallest absolute Gasteiger partial charge is 0.306 e. The van der Waals surface area contributed by atoms with Gasteiger partial charge in [-0.2, -0.15) is 0 Å². The lowest BCUT2D eigenvalue weighted by Crippen LogP contribution is -2.21. The molecule has 0 saturated carbocycles. The van der Waals surface area contributed by atoms with Gasteiger partial charge in [-0.25, -0.2) is 9.97 Å². The van der Waals surface area contributed by atoms with Crippen LogP contribution in [0.3, 0.4) is 0 Å². The predicted octanol–water partition coefficient (Wildman–Crippen LogP) is 3.55. The average molecular weight is 373 g/mol. The summed E-state index contributed by atoms with van der Waals surface area (Å²) < 4.78 is 5.38. The fraction of sp³-hybridized carbons (Fsp3) is 0.278. The number of aromatic amines is 1. The number of carboxylic acid groups (broad SMARTS) is 1. The van der Waals surface area contributed by atoms with E-state index in [0.29, 0.717) is 47.2 Å². The summed E-state index contributed by atoms with van der Waals surface area (Å²) in [5.74, 6) is 0.0659. The SMILES string of the molecule is COc1ccc(Cl)cc1Nc1ncnc2[nH]c3c(c12)CC(C(=O)O)CC3. The number of ether oxygens (including phenoxy) is 1. The number of hydrogen-bond donors (Lipinski definition) is 3. The maximum absolute atomic E-state index is 11.4. The zero-order valence-corrected chi connectivity index (χ0v) is 14.8. The molecule has 1 unspecified atom stereocenters. The average Bonchev–Trinajstić information content (AvgIpc) is 3.00. The fourth-order valence-electron chi connectivity index (χ4n) is 3.45. The number of nitrogens with one attached hydrogen (secondary N) is 2. The molecule has 1 aliphatic rings. The fourth-order valence-corrected chi connectivity index (χ4v) is 3.62. The number of anilines is 2. The highest BCUT2D eigenvalue weighted by molar-refractivity contribution is 6.31.